The molecule has 1 N–H and O–H groups in total. The smallest absolute Gasteiger partial charge is 0.307 e. The van der Waals surface area contributed by atoms with Crippen LogP contribution in [0.3, 0.4) is 0 Å². The molecule has 0 saturated heterocycles. The SMILES string of the molecule is COC(=O)C[C@H](NCc1nnc(-c2ccc([N+](=O)[O-])cc2)o1)c1ccccc1. The lowest BCUT2D eigenvalue weighted by molar-refractivity contribution is -0.384. The van der Waals surface area contributed by atoms with E-state index in [2.05, 4.69) is 15.5 Å². The Morgan fingerprint density at radius 3 is 2.54 bits per heavy atom. The zero-order chi connectivity index (χ0) is 19.9. The molecule has 1 heterocycles. The molecule has 0 radical (unpaired) electrons. The second-order valence-corrected chi connectivity index (χ2v) is 5.93. The van der Waals surface area contributed by atoms with E-state index in [9.17, 15) is 14.9 Å². The van der Waals surface area contributed by atoms with Gasteiger partial charge in [-0.25, -0.2) is 0 Å². The molecule has 0 saturated carbocycles. The summed E-state index contributed by atoms with van der Waals surface area (Å²) in [6.45, 7) is 0.247. The van der Waals surface area contributed by atoms with Crippen LogP contribution in [0.15, 0.2) is 59.0 Å². The number of non-ortho nitro benzene ring substituents is 1. The number of hydrogen-bond acceptors (Lipinski definition) is 8. The summed E-state index contributed by atoms with van der Waals surface area (Å²) >= 11 is 0. The predicted molar refractivity (Wildman–Crippen MR) is 99.0 cm³/mol. The van der Waals surface area contributed by atoms with E-state index in [0.29, 0.717) is 11.5 Å². The van der Waals surface area contributed by atoms with Gasteiger partial charge in [-0.15, -0.1) is 10.2 Å². The van der Waals surface area contributed by atoms with E-state index < -0.39 is 4.92 Å². The number of carbonyl (C=O) groups is 1. The second-order valence-electron chi connectivity index (χ2n) is 5.93. The Bertz CT molecular complexity index is 940. The Morgan fingerprint density at radius 2 is 1.89 bits per heavy atom. The summed E-state index contributed by atoms with van der Waals surface area (Å²) in [6.07, 6.45) is 0.157. The van der Waals surface area contributed by atoms with Crippen molar-refractivity contribution in [2.24, 2.45) is 0 Å². The first kappa shape index (κ1) is 19.2. The van der Waals surface area contributed by atoms with Gasteiger partial charge in [-0.1, -0.05) is 30.3 Å². The van der Waals surface area contributed by atoms with E-state index in [1.54, 1.807) is 12.1 Å². The van der Waals surface area contributed by atoms with Crippen LogP contribution in [-0.2, 0) is 16.1 Å². The van der Waals surface area contributed by atoms with E-state index in [1.807, 2.05) is 30.3 Å². The first-order valence-electron chi connectivity index (χ1n) is 8.49. The Balaban J connectivity index is 1.69. The van der Waals surface area contributed by atoms with Gasteiger partial charge in [-0.05, 0) is 17.7 Å². The summed E-state index contributed by atoms with van der Waals surface area (Å²) < 4.78 is 10.4. The van der Waals surface area contributed by atoms with Gasteiger partial charge in [0.25, 0.3) is 5.69 Å². The van der Waals surface area contributed by atoms with Gasteiger partial charge in [-0.2, -0.15) is 0 Å². The lowest BCUT2D eigenvalue weighted by atomic mass is 10.0. The summed E-state index contributed by atoms with van der Waals surface area (Å²) in [6, 6.07) is 15.1. The van der Waals surface area contributed by atoms with Gasteiger partial charge in [0.1, 0.15) is 0 Å². The highest BCUT2D eigenvalue weighted by molar-refractivity contribution is 5.70. The normalized spacial score (nSPS) is 11.8. The molecule has 0 bridgehead atoms. The van der Waals surface area contributed by atoms with Crippen molar-refractivity contribution in [1.29, 1.82) is 0 Å². The van der Waals surface area contributed by atoms with Crippen LogP contribution in [0.25, 0.3) is 11.5 Å². The van der Waals surface area contributed by atoms with Crippen LogP contribution in [0.1, 0.15) is 23.9 Å². The largest absolute Gasteiger partial charge is 0.469 e. The number of nitro benzene ring substituents is 1. The molecule has 144 valence electrons. The van der Waals surface area contributed by atoms with Crippen LogP contribution >= 0.6 is 0 Å². The summed E-state index contributed by atoms with van der Waals surface area (Å²) in [7, 11) is 1.35. The van der Waals surface area contributed by atoms with Gasteiger partial charge in [0, 0.05) is 23.7 Å². The fraction of sp³-hybridized carbons (Fsp3) is 0.211. The monoisotopic (exact) mass is 382 g/mol. The number of nitro groups is 1. The number of hydrogen-bond donors (Lipinski definition) is 1. The molecule has 0 unspecified atom stereocenters. The highest BCUT2D eigenvalue weighted by atomic mass is 16.6. The minimum atomic E-state index is -0.474. The van der Waals surface area contributed by atoms with E-state index in [4.69, 9.17) is 9.15 Å². The van der Waals surface area contributed by atoms with E-state index in [-0.39, 0.29) is 36.6 Å². The minimum absolute atomic E-state index is 0.0151. The number of nitrogens with zero attached hydrogens (tertiary/aromatic N) is 3. The lowest BCUT2D eigenvalue weighted by Gasteiger charge is -2.17. The highest BCUT2D eigenvalue weighted by Gasteiger charge is 2.18. The third kappa shape index (κ3) is 4.77. The van der Waals surface area contributed by atoms with Gasteiger partial charge < -0.3 is 14.5 Å². The number of methoxy groups -OCH3 is 1. The number of benzene rings is 2. The molecule has 1 aromatic heterocycles. The molecule has 0 fully saturated rings. The molecule has 3 rings (SSSR count). The van der Waals surface area contributed by atoms with Crippen molar-refractivity contribution in [3.05, 3.63) is 76.2 Å². The molecule has 2 aromatic carbocycles. The van der Waals surface area contributed by atoms with Crippen LogP contribution in [0.4, 0.5) is 5.69 Å². The fourth-order valence-corrected chi connectivity index (χ4v) is 2.62. The standard InChI is InChI=1S/C19H18N4O5/c1-27-18(24)11-16(13-5-3-2-4-6-13)20-12-17-21-22-19(28-17)14-7-9-15(10-8-14)23(25)26/h2-10,16,20H,11-12H2,1H3/t16-/m0/s1. The second kappa shape index (κ2) is 8.87. The molecule has 0 aliphatic carbocycles. The van der Waals surface area contributed by atoms with Crippen molar-refractivity contribution >= 4 is 11.7 Å². The maximum absolute atomic E-state index is 11.7. The third-order valence-electron chi connectivity index (χ3n) is 4.09. The summed E-state index contributed by atoms with van der Waals surface area (Å²) in [4.78, 5) is 22.0. The molecule has 1 atom stereocenters. The van der Waals surface area contributed by atoms with Gasteiger partial charge in [0.15, 0.2) is 0 Å². The molecule has 0 spiro atoms. The molecule has 0 amide bonds. The van der Waals surface area contributed by atoms with Crippen LogP contribution in [0.2, 0.25) is 0 Å². The van der Waals surface area contributed by atoms with Gasteiger partial charge in [-0.3, -0.25) is 14.9 Å². The molecule has 0 aliphatic rings. The first-order chi connectivity index (χ1) is 13.6. The Labute approximate surface area is 160 Å². The fourth-order valence-electron chi connectivity index (χ4n) is 2.62. The first-order valence-corrected chi connectivity index (χ1v) is 8.49. The van der Waals surface area contributed by atoms with Crippen molar-refractivity contribution in [2.45, 2.75) is 19.0 Å². The van der Waals surface area contributed by atoms with Crippen LogP contribution in [0, 0.1) is 10.1 Å². The van der Waals surface area contributed by atoms with Gasteiger partial charge in [0.05, 0.1) is 25.0 Å². The van der Waals surface area contributed by atoms with Crippen LogP contribution in [0.5, 0.6) is 0 Å². The van der Waals surface area contributed by atoms with Gasteiger partial charge in [0.2, 0.25) is 11.8 Å². The number of nitrogens with one attached hydrogen (secondary N) is 1. The van der Waals surface area contributed by atoms with E-state index in [1.165, 1.54) is 19.2 Å². The summed E-state index contributed by atoms with van der Waals surface area (Å²) in [5.74, 6) is 0.258. The minimum Gasteiger partial charge on any atom is -0.469 e. The van der Waals surface area contributed by atoms with E-state index >= 15 is 0 Å². The lowest BCUT2D eigenvalue weighted by Crippen LogP contribution is -2.24. The van der Waals surface area contributed by atoms with Crippen molar-refractivity contribution < 1.29 is 18.9 Å². The summed E-state index contributed by atoms with van der Waals surface area (Å²) in [5, 5.41) is 21.9. The maximum Gasteiger partial charge on any atom is 0.307 e. The maximum atomic E-state index is 11.7. The molecular weight excluding hydrogens is 364 g/mol. The number of carbonyl (C=O) groups excluding carboxylic acids is 1. The Kier molecular flexibility index (Phi) is 6.07. The Morgan fingerprint density at radius 1 is 1.18 bits per heavy atom. The van der Waals surface area contributed by atoms with Gasteiger partial charge >= 0.3 is 5.97 Å². The molecular formula is C19H18N4O5. The average Bonchev–Trinajstić information content (AvgIpc) is 3.20. The summed E-state index contributed by atoms with van der Waals surface area (Å²) in [5.41, 5.74) is 1.50. The third-order valence-corrected chi connectivity index (χ3v) is 4.09. The molecule has 0 aliphatic heterocycles. The molecule has 28 heavy (non-hydrogen) atoms. The average molecular weight is 382 g/mol. The van der Waals surface area contributed by atoms with Crippen molar-refractivity contribution in [2.75, 3.05) is 7.11 Å². The number of rotatable bonds is 8. The zero-order valence-corrected chi connectivity index (χ0v) is 15.1. The molecule has 9 heteroatoms. The molecule has 3 aromatic rings. The number of ether oxygens (including phenoxy) is 1. The number of aromatic nitrogens is 2. The van der Waals surface area contributed by atoms with E-state index in [0.717, 1.165) is 5.56 Å². The zero-order valence-electron chi connectivity index (χ0n) is 15.1. The predicted octanol–water partition coefficient (Wildman–Crippen LogP) is 3.04. The quantitative estimate of drug-likeness (QED) is 0.358. The van der Waals surface area contributed by atoms with Crippen molar-refractivity contribution in [1.82, 2.24) is 15.5 Å². The molecule has 9 nitrogen and oxygen atoms in total. The topological polar surface area (TPSA) is 120 Å². The van der Waals surface area contributed by atoms with Crippen LogP contribution < -0.4 is 5.32 Å². The van der Waals surface area contributed by atoms with Crippen molar-refractivity contribution in [3.8, 4) is 11.5 Å². The van der Waals surface area contributed by atoms with Crippen molar-refractivity contribution in [3.63, 3.8) is 0 Å². The number of esters is 1. The Hall–Kier alpha value is -3.59. The van der Waals surface area contributed by atoms with Crippen LogP contribution in [-0.4, -0.2) is 28.2 Å². The highest BCUT2D eigenvalue weighted by Crippen LogP contribution is 2.22.